The molecular formula is C20H38N3O+. The number of allylic oxidation sites excluding steroid dienone is 2. The molecule has 1 amide bonds. The summed E-state index contributed by atoms with van der Waals surface area (Å²) in [6.45, 7) is 9.88. The molecule has 0 bridgehead atoms. The Kier molecular flexibility index (Phi) is 10.6. The molecule has 2 atom stereocenters. The number of hydrogen-bond acceptors (Lipinski definition) is 2. The first-order chi connectivity index (χ1) is 11.6. The van der Waals surface area contributed by atoms with Gasteiger partial charge >= 0.3 is 0 Å². The fourth-order valence-corrected chi connectivity index (χ4v) is 3.48. The van der Waals surface area contributed by atoms with Crippen LogP contribution in [-0.2, 0) is 4.79 Å². The van der Waals surface area contributed by atoms with Gasteiger partial charge < -0.3 is 5.32 Å². The lowest BCUT2D eigenvalue weighted by Gasteiger charge is -2.38. The highest BCUT2D eigenvalue weighted by molar-refractivity contribution is 5.72. The molecule has 1 rings (SSSR count). The Bertz CT molecular complexity index is 406. The maximum Gasteiger partial charge on any atom is 0.217 e. The molecule has 0 saturated carbocycles. The molecule has 0 fully saturated rings. The van der Waals surface area contributed by atoms with Gasteiger partial charge in [0.1, 0.15) is 6.54 Å². The van der Waals surface area contributed by atoms with Crippen LogP contribution in [0.1, 0.15) is 72.1 Å². The summed E-state index contributed by atoms with van der Waals surface area (Å²) < 4.78 is 0.991. The second kappa shape index (κ2) is 12.2. The van der Waals surface area contributed by atoms with Crippen LogP contribution in [0.15, 0.2) is 17.1 Å². The number of carbonyl (C=O) groups is 1. The van der Waals surface area contributed by atoms with E-state index in [0.29, 0.717) is 6.17 Å². The molecule has 4 nitrogen and oxygen atoms in total. The monoisotopic (exact) mass is 336 g/mol. The van der Waals surface area contributed by atoms with Gasteiger partial charge in [-0.2, -0.15) is 0 Å². The standard InChI is InChI=1S/C20H37N3O/c1-4-6-7-8-9-10-11-12-13-14-20-22-16-18-23(20,5-2)17-15-21-19(3)24/h11-12,16,20H,4-10,13-15,17-18H2,1-3H3/p+1/b12-11+. The molecule has 0 radical (unpaired) electrons. The lowest BCUT2D eigenvalue weighted by atomic mass is 10.1. The number of carbonyl (C=O) groups excluding carboxylic acids is 1. The average Bonchev–Trinajstić information content (AvgIpc) is 2.96. The van der Waals surface area contributed by atoms with Crippen molar-refractivity contribution in [2.24, 2.45) is 4.99 Å². The van der Waals surface area contributed by atoms with E-state index >= 15 is 0 Å². The smallest absolute Gasteiger partial charge is 0.217 e. The van der Waals surface area contributed by atoms with Gasteiger partial charge in [-0.1, -0.05) is 44.8 Å². The highest BCUT2D eigenvalue weighted by Gasteiger charge is 2.37. The highest BCUT2D eigenvalue weighted by atomic mass is 16.1. The topological polar surface area (TPSA) is 41.5 Å². The largest absolute Gasteiger partial charge is 0.351 e. The van der Waals surface area contributed by atoms with Crippen molar-refractivity contribution in [3.63, 3.8) is 0 Å². The zero-order chi connectivity index (χ0) is 17.7. The first-order valence-corrected chi connectivity index (χ1v) is 9.91. The van der Waals surface area contributed by atoms with E-state index in [1.165, 1.54) is 38.5 Å². The van der Waals surface area contributed by atoms with Crippen molar-refractivity contribution in [3.8, 4) is 0 Å². The lowest BCUT2D eigenvalue weighted by Crippen LogP contribution is -2.55. The predicted molar refractivity (Wildman–Crippen MR) is 103 cm³/mol. The summed E-state index contributed by atoms with van der Waals surface area (Å²) in [5.74, 6) is 0.0581. The van der Waals surface area contributed by atoms with Gasteiger partial charge in [0.2, 0.25) is 5.91 Å². The minimum absolute atomic E-state index is 0.0581. The number of aliphatic imine (C=N–C) groups is 1. The number of nitrogens with zero attached hydrogens (tertiary/aromatic N) is 2. The van der Waals surface area contributed by atoms with Crippen LogP contribution < -0.4 is 5.32 Å². The Morgan fingerprint density at radius 1 is 1.21 bits per heavy atom. The Hall–Kier alpha value is -1.16. The van der Waals surface area contributed by atoms with E-state index in [-0.39, 0.29) is 5.91 Å². The Morgan fingerprint density at radius 2 is 1.96 bits per heavy atom. The molecule has 1 aliphatic heterocycles. The molecule has 2 unspecified atom stereocenters. The van der Waals surface area contributed by atoms with Gasteiger partial charge in [-0.15, -0.1) is 0 Å². The second-order valence-electron chi connectivity index (χ2n) is 6.99. The molecule has 1 aliphatic rings. The summed E-state index contributed by atoms with van der Waals surface area (Å²) in [5, 5.41) is 2.93. The summed E-state index contributed by atoms with van der Waals surface area (Å²) >= 11 is 0. The van der Waals surface area contributed by atoms with Crippen molar-refractivity contribution in [2.45, 2.75) is 78.3 Å². The molecule has 0 aromatic carbocycles. The van der Waals surface area contributed by atoms with E-state index in [2.05, 4.69) is 37.5 Å². The molecule has 138 valence electrons. The minimum atomic E-state index is 0.0581. The summed E-state index contributed by atoms with van der Waals surface area (Å²) in [6.07, 6.45) is 17.3. The quantitative estimate of drug-likeness (QED) is 0.307. The molecular weight excluding hydrogens is 298 g/mol. The molecule has 0 aromatic heterocycles. The van der Waals surface area contributed by atoms with Crippen LogP contribution in [0.4, 0.5) is 0 Å². The van der Waals surface area contributed by atoms with Crippen molar-refractivity contribution in [1.29, 1.82) is 0 Å². The molecule has 1 N–H and O–H groups in total. The second-order valence-corrected chi connectivity index (χ2v) is 6.99. The summed E-state index contributed by atoms with van der Waals surface area (Å²) in [7, 11) is 0. The average molecular weight is 337 g/mol. The molecule has 4 heteroatoms. The first kappa shape index (κ1) is 20.9. The van der Waals surface area contributed by atoms with E-state index in [1.54, 1.807) is 6.92 Å². The third-order valence-corrected chi connectivity index (χ3v) is 5.15. The van der Waals surface area contributed by atoms with E-state index in [9.17, 15) is 4.79 Å². The maximum absolute atomic E-state index is 11.1. The third-order valence-electron chi connectivity index (χ3n) is 5.15. The zero-order valence-corrected chi connectivity index (χ0v) is 16.1. The van der Waals surface area contributed by atoms with E-state index in [4.69, 9.17) is 4.99 Å². The van der Waals surface area contributed by atoms with Crippen LogP contribution in [0.2, 0.25) is 0 Å². The van der Waals surface area contributed by atoms with Crippen molar-refractivity contribution in [1.82, 2.24) is 5.32 Å². The normalized spacial score (nSPS) is 23.2. The maximum atomic E-state index is 11.1. The molecule has 0 aromatic rings. The molecule has 0 saturated heterocycles. The summed E-state index contributed by atoms with van der Waals surface area (Å²) in [6, 6.07) is 0. The Morgan fingerprint density at radius 3 is 2.67 bits per heavy atom. The van der Waals surface area contributed by atoms with Crippen molar-refractivity contribution < 1.29 is 9.28 Å². The molecule has 24 heavy (non-hydrogen) atoms. The van der Waals surface area contributed by atoms with Crippen LogP contribution in [-0.4, -0.2) is 48.9 Å². The first-order valence-electron chi connectivity index (χ1n) is 9.91. The van der Waals surface area contributed by atoms with Gasteiger partial charge in [-0.3, -0.25) is 9.28 Å². The number of likely N-dealkylation sites (N-methyl/N-ethyl adjacent to an activating group) is 1. The van der Waals surface area contributed by atoms with Crippen LogP contribution in [0, 0.1) is 0 Å². The van der Waals surface area contributed by atoms with Gasteiger partial charge in [-0.25, -0.2) is 4.99 Å². The van der Waals surface area contributed by atoms with Gasteiger partial charge in [0.15, 0.2) is 6.17 Å². The number of hydrogen-bond donors (Lipinski definition) is 1. The van der Waals surface area contributed by atoms with E-state index < -0.39 is 0 Å². The fraction of sp³-hybridized carbons (Fsp3) is 0.800. The van der Waals surface area contributed by atoms with Crippen LogP contribution >= 0.6 is 0 Å². The van der Waals surface area contributed by atoms with E-state index in [0.717, 1.165) is 43.5 Å². The number of quaternary nitrogens is 1. The third kappa shape index (κ3) is 7.61. The van der Waals surface area contributed by atoms with Crippen molar-refractivity contribution in [3.05, 3.63) is 12.2 Å². The predicted octanol–water partition coefficient (Wildman–Crippen LogP) is 4.07. The molecule has 0 aliphatic carbocycles. The number of nitrogens with one attached hydrogen (secondary N) is 1. The lowest BCUT2D eigenvalue weighted by molar-refractivity contribution is -0.935. The van der Waals surface area contributed by atoms with Gasteiger partial charge in [0.05, 0.1) is 25.8 Å². The zero-order valence-electron chi connectivity index (χ0n) is 16.1. The van der Waals surface area contributed by atoms with Gasteiger partial charge in [0.25, 0.3) is 0 Å². The number of rotatable bonds is 13. The van der Waals surface area contributed by atoms with Crippen LogP contribution in [0.5, 0.6) is 0 Å². The SMILES string of the molecule is CCCCCCC/C=C/CCC1N=CC[N+]1(CC)CCNC(C)=O. The molecule has 1 heterocycles. The summed E-state index contributed by atoms with van der Waals surface area (Å²) in [5.41, 5.74) is 0. The van der Waals surface area contributed by atoms with Crippen LogP contribution in [0.25, 0.3) is 0 Å². The van der Waals surface area contributed by atoms with Crippen molar-refractivity contribution >= 4 is 12.1 Å². The van der Waals surface area contributed by atoms with Gasteiger partial charge in [0, 0.05) is 13.3 Å². The van der Waals surface area contributed by atoms with E-state index in [1.807, 2.05) is 0 Å². The number of amides is 1. The fourth-order valence-electron chi connectivity index (χ4n) is 3.48. The molecule has 0 spiro atoms. The number of unbranched alkanes of at least 4 members (excludes halogenated alkanes) is 5. The van der Waals surface area contributed by atoms with Gasteiger partial charge in [-0.05, 0) is 26.2 Å². The summed E-state index contributed by atoms with van der Waals surface area (Å²) in [4.78, 5) is 15.8. The minimum Gasteiger partial charge on any atom is -0.351 e. The van der Waals surface area contributed by atoms with Crippen LogP contribution in [0.3, 0.4) is 0 Å². The Balaban J connectivity index is 2.26. The highest BCUT2D eigenvalue weighted by Crippen LogP contribution is 2.23. The van der Waals surface area contributed by atoms with Crippen molar-refractivity contribution in [2.75, 3.05) is 26.2 Å². The Labute approximate surface area is 149 Å².